The highest BCUT2D eigenvalue weighted by Crippen LogP contribution is 2.29. The largest absolute Gasteiger partial charge is 0.415 e. The summed E-state index contributed by atoms with van der Waals surface area (Å²) in [4.78, 5) is 46.5. The lowest BCUT2D eigenvalue weighted by molar-refractivity contribution is -0.131. The van der Waals surface area contributed by atoms with Crippen LogP contribution in [0.15, 0.2) is 42.5 Å². The van der Waals surface area contributed by atoms with E-state index < -0.39 is 6.09 Å². The van der Waals surface area contributed by atoms with Crippen molar-refractivity contribution in [3.05, 3.63) is 53.1 Å². The Morgan fingerprint density at radius 2 is 1.93 bits per heavy atom. The number of nitriles is 1. The second-order valence-electron chi connectivity index (χ2n) is 11.4. The summed E-state index contributed by atoms with van der Waals surface area (Å²) in [5.74, 6) is 0.0318. The number of amides is 3. The van der Waals surface area contributed by atoms with E-state index in [0.29, 0.717) is 46.4 Å². The number of carbonyl (C=O) groups excluding carboxylic acids is 3. The summed E-state index contributed by atoms with van der Waals surface area (Å²) in [5.41, 5.74) is 1.50. The van der Waals surface area contributed by atoms with Crippen molar-refractivity contribution in [2.24, 2.45) is 5.41 Å². The number of hydrogen-bond acceptors (Lipinski definition) is 6. The van der Waals surface area contributed by atoms with Gasteiger partial charge < -0.3 is 19.1 Å². The van der Waals surface area contributed by atoms with E-state index in [9.17, 15) is 14.4 Å². The molecule has 11 heteroatoms. The number of likely N-dealkylation sites (tertiary alicyclic amines) is 1. The molecule has 2 atom stereocenters. The van der Waals surface area contributed by atoms with E-state index in [1.807, 2.05) is 17.6 Å². The molecule has 1 aliphatic rings. The minimum atomic E-state index is -0.486. The van der Waals surface area contributed by atoms with Crippen LogP contribution >= 0.6 is 11.6 Å². The number of halogens is 1. The average Bonchev–Trinajstić information content (AvgIpc) is 3.52. The van der Waals surface area contributed by atoms with Gasteiger partial charge in [0.05, 0.1) is 17.1 Å². The van der Waals surface area contributed by atoms with E-state index in [1.165, 1.54) is 0 Å². The first-order valence-electron chi connectivity index (χ1n) is 13.6. The Morgan fingerprint density at radius 3 is 2.59 bits per heavy atom. The number of aromatic nitrogens is 2. The number of anilines is 1. The van der Waals surface area contributed by atoms with Gasteiger partial charge in [-0.2, -0.15) is 5.26 Å². The number of fused-ring (bicyclic) bond motifs is 1. The summed E-state index contributed by atoms with van der Waals surface area (Å²) < 4.78 is 7.53. The number of carbonyl (C=O) groups is 3. The van der Waals surface area contributed by atoms with Gasteiger partial charge in [0, 0.05) is 48.9 Å². The number of nitrogens with zero attached hydrogens (tertiary/aromatic N) is 5. The molecule has 216 valence electrons. The van der Waals surface area contributed by atoms with Gasteiger partial charge in [0.15, 0.2) is 0 Å². The minimum absolute atomic E-state index is 0.0641. The Hall–Kier alpha value is -4.10. The van der Waals surface area contributed by atoms with Crippen molar-refractivity contribution in [1.82, 2.24) is 19.4 Å². The molecule has 0 radical (unpaired) electrons. The molecule has 4 rings (SSSR count). The first-order valence-corrected chi connectivity index (χ1v) is 13.9. The Balaban J connectivity index is 1.65. The summed E-state index contributed by atoms with van der Waals surface area (Å²) in [6.45, 7) is 9.08. The predicted octanol–water partition coefficient (Wildman–Crippen LogP) is 5.71. The zero-order chi connectivity index (χ0) is 29.9. The first-order chi connectivity index (χ1) is 19.4. The second kappa shape index (κ2) is 12.2. The van der Waals surface area contributed by atoms with Crippen LogP contribution < -0.4 is 10.1 Å². The molecule has 1 aliphatic heterocycles. The molecule has 1 fully saturated rings. The van der Waals surface area contributed by atoms with Crippen LogP contribution in [0.1, 0.15) is 57.3 Å². The summed E-state index contributed by atoms with van der Waals surface area (Å²) in [6.07, 6.45) is 0.912. The third-order valence-corrected chi connectivity index (χ3v) is 7.95. The lowest BCUT2D eigenvalue weighted by Gasteiger charge is -2.34. The van der Waals surface area contributed by atoms with Gasteiger partial charge in [0.2, 0.25) is 11.9 Å². The molecule has 3 amide bonds. The molecule has 3 aromatic rings. The predicted molar refractivity (Wildman–Crippen MR) is 157 cm³/mol. The van der Waals surface area contributed by atoms with Crippen molar-refractivity contribution in [1.29, 1.82) is 5.26 Å². The molecule has 1 saturated heterocycles. The van der Waals surface area contributed by atoms with Gasteiger partial charge in [-0.25, -0.2) is 9.78 Å². The zero-order valence-electron chi connectivity index (χ0n) is 24.0. The minimum Gasteiger partial charge on any atom is -0.410 e. The highest BCUT2D eigenvalue weighted by atomic mass is 35.5. The molecule has 0 saturated carbocycles. The molecule has 2 heterocycles. The Kier molecular flexibility index (Phi) is 8.88. The van der Waals surface area contributed by atoms with Crippen LogP contribution in [0.4, 0.5) is 10.7 Å². The molecule has 41 heavy (non-hydrogen) atoms. The van der Waals surface area contributed by atoms with Crippen LogP contribution in [0.5, 0.6) is 5.75 Å². The van der Waals surface area contributed by atoms with Gasteiger partial charge >= 0.3 is 6.09 Å². The van der Waals surface area contributed by atoms with Crippen molar-refractivity contribution >= 4 is 46.5 Å². The molecule has 1 unspecified atom stereocenters. The van der Waals surface area contributed by atoms with Crippen molar-refractivity contribution in [2.75, 3.05) is 18.9 Å². The van der Waals surface area contributed by atoms with Crippen molar-refractivity contribution < 1.29 is 19.1 Å². The summed E-state index contributed by atoms with van der Waals surface area (Å²) in [5, 5.41) is 12.4. The SMILES string of the molecule is C[C@H](N(C)C(=O)Oc1ccc2c(c1)nc(NC(=O)c1ccc(Cl)cc1)n2CC1CCCN1C(=O)CC#N)C(C)(C)C. The molecule has 1 aromatic heterocycles. The molecule has 0 bridgehead atoms. The normalized spacial score (nSPS) is 15.8. The van der Waals surface area contributed by atoms with Gasteiger partial charge in [-0.15, -0.1) is 0 Å². The number of nitrogens with one attached hydrogen (secondary N) is 1. The second-order valence-corrected chi connectivity index (χ2v) is 11.8. The van der Waals surface area contributed by atoms with Crippen LogP contribution in [0.2, 0.25) is 5.02 Å². The van der Waals surface area contributed by atoms with Crippen LogP contribution in [0.25, 0.3) is 11.0 Å². The Labute approximate surface area is 244 Å². The van der Waals surface area contributed by atoms with Gasteiger partial charge in [0.1, 0.15) is 12.2 Å². The Morgan fingerprint density at radius 1 is 1.22 bits per heavy atom. The van der Waals surface area contributed by atoms with Crippen molar-refractivity contribution in [3.8, 4) is 11.8 Å². The summed E-state index contributed by atoms with van der Waals surface area (Å²) in [7, 11) is 1.71. The van der Waals surface area contributed by atoms with E-state index in [1.54, 1.807) is 59.3 Å². The molecule has 2 aromatic carbocycles. The van der Waals surface area contributed by atoms with Gasteiger partial charge in [-0.1, -0.05) is 32.4 Å². The van der Waals surface area contributed by atoms with Crippen LogP contribution in [0, 0.1) is 16.7 Å². The van der Waals surface area contributed by atoms with Crippen molar-refractivity contribution in [3.63, 3.8) is 0 Å². The van der Waals surface area contributed by atoms with Crippen LogP contribution in [-0.2, 0) is 11.3 Å². The highest BCUT2D eigenvalue weighted by molar-refractivity contribution is 6.30. The number of imidazole rings is 1. The topological polar surface area (TPSA) is 121 Å². The highest BCUT2D eigenvalue weighted by Gasteiger charge is 2.31. The van der Waals surface area contributed by atoms with Gasteiger partial charge in [-0.05, 0) is 61.6 Å². The standard InChI is InChI=1S/C30H35ClN6O4/c1-19(30(2,3)4)35(5)29(40)41-23-12-13-25-24(17-23)33-28(34-27(39)20-8-10-21(31)11-9-20)37(25)18-22-7-6-16-36(22)26(38)14-15-32/h8-13,17,19,22H,6-7,14,16,18H2,1-5H3,(H,33,34,39)/t19-,22?/m0/s1. The maximum absolute atomic E-state index is 13.1. The Bertz CT molecular complexity index is 1490. The average molecular weight is 579 g/mol. The molecule has 0 spiro atoms. The van der Waals surface area contributed by atoms with E-state index in [-0.39, 0.29) is 35.7 Å². The number of hydrogen-bond donors (Lipinski definition) is 1. The fraction of sp³-hybridized carbons (Fsp3) is 0.433. The van der Waals surface area contributed by atoms with Gasteiger partial charge in [-0.3, -0.25) is 14.9 Å². The van der Waals surface area contributed by atoms with E-state index in [2.05, 4.69) is 31.1 Å². The smallest absolute Gasteiger partial charge is 0.410 e. The number of rotatable bonds is 7. The van der Waals surface area contributed by atoms with Gasteiger partial charge in [0.25, 0.3) is 5.91 Å². The zero-order valence-corrected chi connectivity index (χ0v) is 24.7. The number of ether oxygens (including phenoxy) is 1. The van der Waals surface area contributed by atoms with Crippen molar-refractivity contribution in [2.45, 2.75) is 65.6 Å². The first kappa shape index (κ1) is 29.9. The molecule has 1 N–H and O–H groups in total. The van der Waals surface area contributed by atoms with Crippen LogP contribution in [-0.4, -0.2) is 62.9 Å². The maximum atomic E-state index is 13.1. The molecular weight excluding hydrogens is 544 g/mol. The lowest BCUT2D eigenvalue weighted by atomic mass is 9.87. The van der Waals surface area contributed by atoms with Crippen LogP contribution in [0.3, 0.4) is 0 Å². The van der Waals surface area contributed by atoms with E-state index in [0.717, 1.165) is 12.8 Å². The third-order valence-electron chi connectivity index (χ3n) is 7.70. The fourth-order valence-electron chi connectivity index (χ4n) is 4.87. The monoisotopic (exact) mass is 578 g/mol. The lowest BCUT2D eigenvalue weighted by Crippen LogP contribution is -2.44. The third kappa shape index (κ3) is 6.80. The van der Waals surface area contributed by atoms with E-state index in [4.69, 9.17) is 21.6 Å². The van der Waals surface area contributed by atoms with E-state index >= 15 is 0 Å². The quantitative estimate of drug-likeness (QED) is 0.383. The fourth-order valence-corrected chi connectivity index (χ4v) is 5.00. The molecule has 10 nitrogen and oxygen atoms in total. The summed E-state index contributed by atoms with van der Waals surface area (Å²) >= 11 is 5.98. The molecular formula is C30H35ClN6O4. The number of benzene rings is 2. The summed E-state index contributed by atoms with van der Waals surface area (Å²) in [6, 6.07) is 13.3. The molecule has 0 aliphatic carbocycles. The maximum Gasteiger partial charge on any atom is 0.415 e.